The van der Waals surface area contributed by atoms with Crippen LogP contribution >= 0.6 is 15.9 Å². The summed E-state index contributed by atoms with van der Waals surface area (Å²) < 4.78 is 0.816. The third-order valence-electron chi connectivity index (χ3n) is 3.02. The highest BCUT2D eigenvalue weighted by Crippen LogP contribution is 2.23. The van der Waals surface area contributed by atoms with Crippen LogP contribution in [0.15, 0.2) is 40.9 Å². The van der Waals surface area contributed by atoms with Crippen molar-refractivity contribution in [3.05, 3.63) is 57.6 Å². The molecule has 0 unspecified atom stereocenters. The van der Waals surface area contributed by atoms with Gasteiger partial charge in [0.15, 0.2) is 0 Å². The van der Waals surface area contributed by atoms with Crippen LogP contribution in [-0.4, -0.2) is 5.91 Å². The SMILES string of the molecule is Cc1ccc(C(=O)Nc2ccc(Br)c(N)c2)cc1C. The van der Waals surface area contributed by atoms with Gasteiger partial charge in [-0.05, 0) is 71.2 Å². The Morgan fingerprint density at radius 2 is 1.84 bits per heavy atom. The second-order valence-corrected chi connectivity index (χ2v) is 5.34. The Hall–Kier alpha value is -1.81. The van der Waals surface area contributed by atoms with Gasteiger partial charge in [-0.3, -0.25) is 4.79 Å². The highest BCUT2D eigenvalue weighted by Gasteiger charge is 2.07. The number of anilines is 2. The van der Waals surface area contributed by atoms with Gasteiger partial charge in [0, 0.05) is 21.4 Å². The predicted molar refractivity (Wildman–Crippen MR) is 82.4 cm³/mol. The topological polar surface area (TPSA) is 55.1 Å². The van der Waals surface area contributed by atoms with Gasteiger partial charge >= 0.3 is 0 Å². The number of carbonyl (C=O) groups excluding carboxylic acids is 1. The van der Waals surface area contributed by atoms with E-state index in [2.05, 4.69) is 21.2 Å². The lowest BCUT2D eigenvalue weighted by molar-refractivity contribution is 0.102. The van der Waals surface area contributed by atoms with E-state index in [1.807, 2.05) is 38.1 Å². The second-order valence-electron chi connectivity index (χ2n) is 4.49. The van der Waals surface area contributed by atoms with Crippen LogP contribution < -0.4 is 11.1 Å². The molecule has 0 saturated carbocycles. The molecule has 0 aromatic heterocycles. The zero-order valence-electron chi connectivity index (χ0n) is 10.8. The molecular weight excluding hydrogens is 304 g/mol. The normalized spacial score (nSPS) is 10.3. The van der Waals surface area contributed by atoms with Gasteiger partial charge < -0.3 is 11.1 Å². The van der Waals surface area contributed by atoms with Crippen molar-refractivity contribution < 1.29 is 4.79 Å². The number of carbonyl (C=O) groups is 1. The van der Waals surface area contributed by atoms with Crippen LogP contribution in [0.5, 0.6) is 0 Å². The lowest BCUT2D eigenvalue weighted by Gasteiger charge is -2.08. The van der Waals surface area contributed by atoms with Gasteiger partial charge in [-0.15, -0.1) is 0 Å². The average Bonchev–Trinajstić information content (AvgIpc) is 2.37. The molecule has 2 aromatic rings. The number of nitrogens with one attached hydrogen (secondary N) is 1. The fourth-order valence-electron chi connectivity index (χ4n) is 1.71. The van der Waals surface area contributed by atoms with Crippen molar-refractivity contribution in [3.63, 3.8) is 0 Å². The van der Waals surface area contributed by atoms with Gasteiger partial charge in [-0.25, -0.2) is 0 Å². The number of halogens is 1. The summed E-state index contributed by atoms with van der Waals surface area (Å²) in [4.78, 5) is 12.1. The number of rotatable bonds is 2. The predicted octanol–water partition coefficient (Wildman–Crippen LogP) is 3.90. The third kappa shape index (κ3) is 3.15. The maximum absolute atomic E-state index is 12.1. The van der Waals surface area contributed by atoms with E-state index in [0.717, 1.165) is 10.0 Å². The molecule has 4 heteroatoms. The molecule has 1 amide bonds. The molecule has 98 valence electrons. The molecule has 0 aliphatic rings. The lowest BCUT2D eigenvalue weighted by Crippen LogP contribution is -2.12. The van der Waals surface area contributed by atoms with Crippen molar-refractivity contribution in [2.45, 2.75) is 13.8 Å². The fourth-order valence-corrected chi connectivity index (χ4v) is 1.95. The first kappa shape index (κ1) is 13.6. The summed E-state index contributed by atoms with van der Waals surface area (Å²) in [5, 5.41) is 2.83. The molecule has 0 heterocycles. The lowest BCUT2D eigenvalue weighted by atomic mass is 10.1. The average molecular weight is 319 g/mol. The number of hydrogen-bond acceptors (Lipinski definition) is 2. The summed E-state index contributed by atoms with van der Waals surface area (Å²) >= 11 is 3.32. The van der Waals surface area contributed by atoms with E-state index in [1.165, 1.54) is 5.56 Å². The monoisotopic (exact) mass is 318 g/mol. The fraction of sp³-hybridized carbons (Fsp3) is 0.133. The van der Waals surface area contributed by atoms with Crippen molar-refractivity contribution in [1.82, 2.24) is 0 Å². The summed E-state index contributed by atoms with van der Waals surface area (Å²) in [5.41, 5.74) is 9.97. The Morgan fingerprint density at radius 1 is 1.11 bits per heavy atom. The smallest absolute Gasteiger partial charge is 0.255 e. The van der Waals surface area contributed by atoms with Crippen molar-refractivity contribution in [2.24, 2.45) is 0 Å². The summed E-state index contributed by atoms with van der Waals surface area (Å²) in [5.74, 6) is -0.134. The molecule has 3 N–H and O–H groups in total. The van der Waals surface area contributed by atoms with E-state index in [4.69, 9.17) is 5.73 Å². The van der Waals surface area contributed by atoms with Crippen molar-refractivity contribution in [3.8, 4) is 0 Å². The minimum absolute atomic E-state index is 0.134. The maximum atomic E-state index is 12.1. The molecule has 0 saturated heterocycles. The van der Waals surface area contributed by atoms with Gasteiger partial charge in [0.2, 0.25) is 0 Å². The molecule has 3 nitrogen and oxygen atoms in total. The van der Waals surface area contributed by atoms with E-state index in [9.17, 15) is 4.79 Å². The van der Waals surface area contributed by atoms with Crippen LogP contribution in [0.2, 0.25) is 0 Å². The van der Waals surface area contributed by atoms with E-state index in [0.29, 0.717) is 16.9 Å². The molecule has 0 aliphatic carbocycles. The van der Waals surface area contributed by atoms with Crippen LogP contribution in [0, 0.1) is 13.8 Å². The second kappa shape index (κ2) is 5.45. The van der Waals surface area contributed by atoms with Crippen LogP contribution in [0.3, 0.4) is 0 Å². The molecule has 0 fully saturated rings. The van der Waals surface area contributed by atoms with E-state index in [-0.39, 0.29) is 5.91 Å². The Bertz CT molecular complexity index is 638. The minimum atomic E-state index is -0.134. The maximum Gasteiger partial charge on any atom is 0.255 e. The van der Waals surface area contributed by atoms with Crippen molar-refractivity contribution in [1.29, 1.82) is 0 Å². The molecule has 0 spiro atoms. The zero-order chi connectivity index (χ0) is 14.0. The first-order valence-corrected chi connectivity index (χ1v) is 6.70. The number of nitrogen functional groups attached to an aromatic ring is 1. The molecule has 2 rings (SSSR count). The van der Waals surface area contributed by atoms with E-state index < -0.39 is 0 Å². The first-order chi connectivity index (χ1) is 8.97. The standard InChI is InChI=1S/C15H15BrN2O/c1-9-3-4-11(7-10(9)2)15(19)18-12-5-6-13(16)14(17)8-12/h3-8H,17H2,1-2H3,(H,18,19). The molecule has 2 aromatic carbocycles. The number of nitrogens with two attached hydrogens (primary N) is 1. The van der Waals surface area contributed by atoms with Gasteiger partial charge in [-0.1, -0.05) is 6.07 Å². The molecule has 0 bridgehead atoms. The van der Waals surface area contributed by atoms with E-state index in [1.54, 1.807) is 12.1 Å². The molecule has 19 heavy (non-hydrogen) atoms. The molecule has 0 atom stereocenters. The van der Waals surface area contributed by atoms with Gasteiger partial charge in [0.25, 0.3) is 5.91 Å². The van der Waals surface area contributed by atoms with Gasteiger partial charge in [-0.2, -0.15) is 0 Å². The van der Waals surface area contributed by atoms with Crippen LogP contribution in [0.1, 0.15) is 21.5 Å². The van der Waals surface area contributed by atoms with E-state index >= 15 is 0 Å². The number of hydrogen-bond donors (Lipinski definition) is 2. The summed E-state index contributed by atoms with van der Waals surface area (Å²) in [6, 6.07) is 11.0. The quantitative estimate of drug-likeness (QED) is 0.825. The molecule has 0 radical (unpaired) electrons. The number of amides is 1. The van der Waals surface area contributed by atoms with Gasteiger partial charge in [0.05, 0.1) is 0 Å². The summed E-state index contributed by atoms with van der Waals surface area (Å²) in [6.07, 6.45) is 0. The number of benzene rings is 2. The van der Waals surface area contributed by atoms with Crippen LogP contribution in [0.4, 0.5) is 11.4 Å². The Balaban J connectivity index is 2.20. The largest absolute Gasteiger partial charge is 0.398 e. The summed E-state index contributed by atoms with van der Waals surface area (Å²) in [7, 11) is 0. The minimum Gasteiger partial charge on any atom is -0.398 e. The highest BCUT2D eigenvalue weighted by atomic mass is 79.9. The van der Waals surface area contributed by atoms with Crippen molar-refractivity contribution >= 4 is 33.2 Å². The molecular formula is C15H15BrN2O. The van der Waals surface area contributed by atoms with Crippen LogP contribution in [0.25, 0.3) is 0 Å². The zero-order valence-corrected chi connectivity index (χ0v) is 12.4. The first-order valence-electron chi connectivity index (χ1n) is 5.91. The third-order valence-corrected chi connectivity index (χ3v) is 3.75. The highest BCUT2D eigenvalue weighted by molar-refractivity contribution is 9.10. The number of aryl methyl sites for hydroxylation is 2. The summed E-state index contributed by atoms with van der Waals surface area (Å²) in [6.45, 7) is 4.01. The Kier molecular flexibility index (Phi) is 3.90. The Morgan fingerprint density at radius 3 is 2.47 bits per heavy atom. The van der Waals surface area contributed by atoms with Crippen molar-refractivity contribution in [2.75, 3.05) is 11.1 Å². The van der Waals surface area contributed by atoms with Crippen LogP contribution in [-0.2, 0) is 0 Å². The Labute approximate surface area is 121 Å². The molecule has 0 aliphatic heterocycles. The van der Waals surface area contributed by atoms with Gasteiger partial charge in [0.1, 0.15) is 0 Å².